The van der Waals surface area contributed by atoms with Gasteiger partial charge in [-0.2, -0.15) is 13.2 Å². The molecule has 0 aliphatic carbocycles. The van der Waals surface area contributed by atoms with E-state index in [1.807, 2.05) is 0 Å². The molecule has 0 saturated carbocycles. The normalized spacial score (nSPS) is 11.6. The second kappa shape index (κ2) is 4.45. The molecule has 1 aromatic heterocycles. The summed E-state index contributed by atoms with van der Waals surface area (Å²) in [6.07, 6.45) is -4.36. The van der Waals surface area contributed by atoms with Gasteiger partial charge in [0.15, 0.2) is 11.0 Å². The highest BCUT2D eigenvalue weighted by Gasteiger charge is 2.30. The molecule has 0 radical (unpaired) electrons. The first-order valence-corrected chi connectivity index (χ1v) is 5.22. The van der Waals surface area contributed by atoms with Gasteiger partial charge in [-0.3, -0.25) is 0 Å². The molecule has 0 bridgehead atoms. The fourth-order valence-corrected chi connectivity index (χ4v) is 1.59. The Morgan fingerprint density at radius 3 is 2.22 bits per heavy atom. The lowest BCUT2D eigenvalue weighted by atomic mass is 10.1. The van der Waals surface area contributed by atoms with Gasteiger partial charge in [-0.05, 0) is 23.8 Å². The molecule has 2 aromatic rings. The summed E-state index contributed by atoms with van der Waals surface area (Å²) >= 11 is 5.66. The van der Waals surface area contributed by atoms with Crippen molar-refractivity contribution in [2.75, 3.05) is 5.73 Å². The minimum absolute atomic E-state index is 0.110. The van der Waals surface area contributed by atoms with Crippen molar-refractivity contribution in [2.24, 2.45) is 0 Å². The summed E-state index contributed by atoms with van der Waals surface area (Å²) in [4.78, 5) is 0. The van der Waals surface area contributed by atoms with E-state index in [4.69, 9.17) is 17.3 Å². The lowest BCUT2D eigenvalue weighted by Crippen LogP contribution is -2.04. The van der Waals surface area contributed by atoms with Crippen molar-refractivity contribution in [3.8, 4) is 11.1 Å². The van der Waals surface area contributed by atoms with Crippen LogP contribution in [0.3, 0.4) is 0 Å². The summed E-state index contributed by atoms with van der Waals surface area (Å²) in [5.41, 5.74) is 5.81. The zero-order valence-corrected chi connectivity index (χ0v) is 9.63. The molecule has 0 spiro atoms. The highest BCUT2D eigenvalue weighted by Crippen LogP contribution is 2.32. The molecule has 0 atom stereocenters. The fraction of sp³-hybridized carbons (Fsp3) is 0.0909. The maximum absolute atomic E-state index is 12.4. The molecule has 0 amide bonds. The van der Waals surface area contributed by atoms with Gasteiger partial charge in [-0.15, -0.1) is 10.2 Å². The molecule has 18 heavy (non-hydrogen) atoms. The molecule has 1 heterocycles. The maximum atomic E-state index is 12.4. The van der Waals surface area contributed by atoms with Gasteiger partial charge in [0.2, 0.25) is 0 Å². The van der Waals surface area contributed by atoms with Crippen molar-refractivity contribution in [1.82, 2.24) is 10.2 Å². The van der Waals surface area contributed by atoms with Gasteiger partial charge in [0.1, 0.15) is 0 Å². The van der Waals surface area contributed by atoms with E-state index in [0.717, 1.165) is 12.1 Å². The third-order valence-corrected chi connectivity index (χ3v) is 2.50. The van der Waals surface area contributed by atoms with E-state index in [2.05, 4.69) is 10.2 Å². The molecule has 0 unspecified atom stereocenters. The van der Waals surface area contributed by atoms with Crippen molar-refractivity contribution >= 4 is 17.4 Å². The number of halogens is 4. The van der Waals surface area contributed by atoms with Crippen molar-refractivity contribution in [3.63, 3.8) is 0 Å². The van der Waals surface area contributed by atoms with Gasteiger partial charge in [-0.25, -0.2) is 0 Å². The monoisotopic (exact) mass is 273 g/mol. The number of aromatic nitrogens is 2. The topological polar surface area (TPSA) is 51.8 Å². The first-order chi connectivity index (χ1) is 8.38. The van der Waals surface area contributed by atoms with E-state index >= 15 is 0 Å². The van der Waals surface area contributed by atoms with Gasteiger partial charge < -0.3 is 5.73 Å². The number of nitrogen functional groups attached to an aromatic ring is 1. The van der Waals surface area contributed by atoms with Gasteiger partial charge in [0.05, 0.1) is 5.56 Å². The Bertz CT molecular complexity index is 567. The molecule has 1 aromatic carbocycles. The zero-order valence-electron chi connectivity index (χ0n) is 8.87. The van der Waals surface area contributed by atoms with Crippen molar-refractivity contribution in [2.45, 2.75) is 6.18 Å². The third-order valence-electron chi connectivity index (χ3n) is 2.32. The van der Waals surface area contributed by atoms with Crippen molar-refractivity contribution in [1.29, 1.82) is 0 Å². The van der Waals surface area contributed by atoms with Crippen LogP contribution in [0.2, 0.25) is 5.15 Å². The lowest BCUT2D eigenvalue weighted by Gasteiger charge is -2.08. The Balaban J connectivity index is 2.43. The van der Waals surface area contributed by atoms with E-state index in [1.54, 1.807) is 0 Å². The lowest BCUT2D eigenvalue weighted by molar-refractivity contribution is -0.137. The second-order valence-electron chi connectivity index (χ2n) is 3.54. The standard InChI is InChI=1S/C11H7ClF3N3/c12-9-5-8(10(16)18-17-9)6-1-3-7(4-2-6)11(13,14)15/h1-5H,(H2,16,18). The van der Waals surface area contributed by atoms with Crippen LogP contribution in [-0.2, 0) is 6.18 Å². The number of anilines is 1. The summed E-state index contributed by atoms with van der Waals surface area (Å²) in [5.74, 6) is 0.110. The van der Waals surface area contributed by atoms with Crippen LogP contribution in [-0.4, -0.2) is 10.2 Å². The van der Waals surface area contributed by atoms with E-state index < -0.39 is 11.7 Å². The quantitative estimate of drug-likeness (QED) is 0.866. The molecular formula is C11H7ClF3N3. The van der Waals surface area contributed by atoms with Crippen LogP contribution in [0.25, 0.3) is 11.1 Å². The molecule has 94 valence electrons. The van der Waals surface area contributed by atoms with Crippen LogP contribution >= 0.6 is 11.6 Å². The van der Waals surface area contributed by atoms with Crippen LogP contribution in [0, 0.1) is 0 Å². The highest BCUT2D eigenvalue weighted by atomic mass is 35.5. The molecule has 0 fully saturated rings. The SMILES string of the molecule is Nc1nnc(Cl)cc1-c1ccc(C(F)(F)F)cc1. The molecule has 2 N–H and O–H groups in total. The summed E-state index contributed by atoms with van der Waals surface area (Å²) in [5, 5.41) is 7.26. The predicted molar refractivity (Wildman–Crippen MR) is 61.9 cm³/mol. The number of nitrogens with two attached hydrogens (primary N) is 1. The number of rotatable bonds is 1. The van der Waals surface area contributed by atoms with Crippen LogP contribution in [0.1, 0.15) is 5.56 Å². The number of hydrogen-bond acceptors (Lipinski definition) is 3. The Morgan fingerprint density at radius 2 is 1.67 bits per heavy atom. The third kappa shape index (κ3) is 2.53. The van der Waals surface area contributed by atoms with Gasteiger partial charge >= 0.3 is 6.18 Å². The second-order valence-corrected chi connectivity index (χ2v) is 3.93. The van der Waals surface area contributed by atoms with Crippen LogP contribution in [0.5, 0.6) is 0 Å². The number of nitrogens with zero attached hydrogens (tertiary/aromatic N) is 2. The fourth-order valence-electron chi connectivity index (χ4n) is 1.45. The van der Waals surface area contributed by atoms with E-state index in [1.165, 1.54) is 18.2 Å². The molecule has 3 nitrogen and oxygen atoms in total. The molecule has 0 aliphatic rings. The van der Waals surface area contributed by atoms with E-state index in [-0.39, 0.29) is 11.0 Å². The Labute approximate surface area is 105 Å². The maximum Gasteiger partial charge on any atom is 0.416 e. The van der Waals surface area contributed by atoms with Crippen molar-refractivity contribution in [3.05, 3.63) is 41.0 Å². The average Bonchev–Trinajstić information content (AvgIpc) is 2.31. The molecular weight excluding hydrogens is 267 g/mol. The Hall–Kier alpha value is -1.82. The number of benzene rings is 1. The Kier molecular flexibility index (Phi) is 3.13. The van der Waals surface area contributed by atoms with Crippen molar-refractivity contribution < 1.29 is 13.2 Å². The average molecular weight is 274 g/mol. The predicted octanol–water partition coefficient (Wildman–Crippen LogP) is 3.40. The Morgan fingerprint density at radius 1 is 1.06 bits per heavy atom. The van der Waals surface area contributed by atoms with Crippen LogP contribution in [0.15, 0.2) is 30.3 Å². The first-order valence-electron chi connectivity index (χ1n) is 4.84. The molecule has 7 heteroatoms. The molecule has 0 saturated heterocycles. The van der Waals surface area contributed by atoms with Gasteiger partial charge in [-0.1, -0.05) is 23.7 Å². The van der Waals surface area contributed by atoms with Gasteiger partial charge in [0.25, 0.3) is 0 Å². The number of hydrogen-bond donors (Lipinski definition) is 1. The van der Waals surface area contributed by atoms with Crippen LogP contribution < -0.4 is 5.73 Å². The largest absolute Gasteiger partial charge is 0.416 e. The summed E-state index contributed by atoms with van der Waals surface area (Å²) in [7, 11) is 0. The van der Waals surface area contributed by atoms with E-state index in [9.17, 15) is 13.2 Å². The minimum Gasteiger partial charge on any atom is -0.382 e. The first kappa shape index (κ1) is 12.6. The highest BCUT2D eigenvalue weighted by molar-refractivity contribution is 6.29. The van der Waals surface area contributed by atoms with Gasteiger partial charge in [0, 0.05) is 5.56 Å². The molecule has 2 rings (SSSR count). The summed E-state index contributed by atoms with van der Waals surface area (Å²) < 4.78 is 37.2. The number of alkyl halides is 3. The van der Waals surface area contributed by atoms with E-state index in [0.29, 0.717) is 11.1 Å². The zero-order chi connectivity index (χ0) is 13.3. The molecule has 0 aliphatic heterocycles. The smallest absolute Gasteiger partial charge is 0.382 e. The summed E-state index contributed by atoms with van der Waals surface area (Å²) in [6, 6.07) is 6.03. The minimum atomic E-state index is -4.36. The van der Waals surface area contributed by atoms with Crippen LogP contribution in [0.4, 0.5) is 19.0 Å². The summed E-state index contributed by atoms with van der Waals surface area (Å²) in [6.45, 7) is 0.